The first kappa shape index (κ1) is 29.9. The van der Waals surface area contributed by atoms with Crippen LogP contribution < -0.4 is 0 Å². The Morgan fingerprint density at radius 2 is 1.10 bits per heavy atom. The van der Waals surface area contributed by atoms with E-state index in [9.17, 15) is 0 Å². The summed E-state index contributed by atoms with van der Waals surface area (Å²) in [5.74, 6) is 0. The molecular weight excluding hydrogens is 645 g/mol. The average molecular weight is 681 g/mol. The normalized spacial score (nSPS) is 14.3. The lowest BCUT2D eigenvalue weighted by molar-refractivity contribution is 0.661. The molecule has 52 heavy (non-hydrogen) atoms. The van der Waals surface area contributed by atoms with Crippen molar-refractivity contribution in [1.82, 2.24) is 0 Å². The number of allylic oxidation sites excluding steroid dienone is 1. The fraction of sp³-hybridized carbons (Fsp3) is 0.0980. The van der Waals surface area contributed by atoms with Crippen molar-refractivity contribution < 1.29 is 0 Å². The zero-order valence-electron chi connectivity index (χ0n) is 29.3. The zero-order chi connectivity index (χ0) is 34.6. The molecule has 0 bridgehead atoms. The topological polar surface area (TPSA) is 0 Å². The van der Waals surface area contributed by atoms with Crippen molar-refractivity contribution in [2.75, 3.05) is 0 Å². The lowest BCUT2D eigenvalue weighted by Gasteiger charge is -2.22. The van der Waals surface area contributed by atoms with E-state index in [4.69, 9.17) is 0 Å². The van der Waals surface area contributed by atoms with Gasteiger partial charge in [0, 0.05) is 20.4 Å². The van der Waals surface area contributed by atoms with Gasteiger partial charge in [0.1, 0.15) is 0 Å². The second-order valence-corrected chi connectivity index (χ2v) is 16.2. The summed E-state index contributed by atoms with van der Waals surface area (Å²) in [6.07, 6.45) is 6.98. The minimum absolute atomic E-state index is 0.0838. The highest BCUT2D eigenvalue weighted by Crippen LogP contribution is 2.53. The van der Waals surface area contributed by atoms with Gasteiger partial charge in [-0.05, 0) is 125 Å². The maximum absolute atomic E-state index is 2.48. The Morgan fingerprint density at radius 3 is 1.79 bits per heavy atom. The first-order valence-electron chi connectivity index (χ1n) is 18.5. The lowest BCUT2D eigenvalue weighted by Crippen LogP contribution is -2.15. The third kappa shape index (κ3) is 4.27. The Morgan fingerprint density at radius 1 is 0.481 bits per heavy atom. The smallest absolute Gasteiger partial charge is 0.0358 e. The monoisotopic (exact) mass is 680 g/mol. The van der Waals surface area contributed by atoms with E-state index in [2.05, 4.69) is 172 Å². The molecule has 8 aromatic carbocycles. The second kappa shape index (κ2) is 11.1. The van der Waals surface area contributed by atoms with Crippen molar-refractivity contribution in [2.24, 2.45) is 0 Å². The molecule has 0 amide bonds. The van der Waals surface area contributed by atoms with Gasteiger partial charge in [0.05, 0.1) is 0 Å². The molecule has 0 saturated carbocycles. The van der Waals surface area contributed by atoms with E-state index in [1.165, 1.54) is 108 Å². The van der Waals surface area contributed by atoms with E-state index >= 15 is 0 Å². The molecule has 2 aliphatic carbocycles. The molecule has 0 aliphatic heterocycles. The number of hydrogen-bond acceptors (Lipinski definition) is 1. The van der Waals surface area contributed by atoms with Gasteiger partial charge in [-0.3, -0.25) is 0 Å². The van der Waals surface area contributed by atoms with Crippen LogP contribution in [0.5, 0.6) is 0 Å². The minimum atomic E-state index is -0.0838. The number of rotatable bonds is 3. The standard InChI is InChI=1S/C51H36S/c1-51(2)44-27-25-35-28-43-36-14-10-11-19-46(36)52-47(43)30-42(35)50(44)41-26-24-34(29-45(41)51)31-20-22-33(23-21-31)49-39-17-8-6-15-37(39)48(32-12-4-3-5-13-32)38-16-7-9-18-40(38)49/h3-10,12-18,20-30H,11,19H2,1-2H3. The molecule has 0 N–H and O–H groups in total. The molecule has 246 valence electrons. The highest BCUT2D eigenvalue weighted by molar-refractivity contribution is 7.19. The minimum Gasteiger partial charge on any atom is -0.140 e. The van der Waals surface area contributed by atoms with Crippen LogP contribution in [0.3, 0.4) is 0 Å². The first-order valence-corrected chi connectivity index (χ1v) is 19.3. The summed E-state index contributed by atoms with van der Waals surface area (Å²) in [6.45, 7) is 4.80. The van der Waals surface area contributed by atoms with Gasteiger partial charge in [0.25, 0.3) is 0 Å². The maximum Gasteiger partial charge on any atom is 0.0358 e. The number of fused-ring (bicyclic) bond motifs is 10. The molecule has 2 aliphatic rings. The quantitative estimate of drug-likeness (QED) is 0.163. The molecule has 11 rings (SSSR count). The van der Waals surface area contributed by atoms with Crippen LogP contribution in [0, 0.1) is 0 Å². The molecule has 0 saturated heterocycles. The summed E-state index contributed by atoms with van der Waals surface area (Å²) in [5, 5.41) is 9.28. The number of benzene rings is 8. The average Bonchev–Trinajstić information content (AvgIpc) is 3.67. The Labute approximate surface area is 308 Å². The Balaban J connectivity index is 1.03. The van der Waals surface area contributed by atoms with Crippen LogP contribution in [-0.4, -0.2) is 0 Å². The summed E-state index contributed by atoms with van der Waals surface area (Å²) < 4.78 is 1.41. The Hall–Kier alpha value is -5.76. The predicted octanol–water partition coefficient (Wildman–Crippen LogP) is 14.6. The number of hydrogen-bond donors (Lipinski definition) is 0. The highest BCUT2D eigenvalue weighted by Gasteiger charge is 2.37. The first-order chi connectivity index (χ1) is 25.5. The predicted molar refractivity (Wildman–Crippen MR) is 226 cm³/mol. The number of aryl methyl sites for hydroxylation is 1. The van der Waals surface area contributed by atoms with E-state index in [1.54, 1.807) is 0 Å². The molecule has 0 unspecified atom stereocenters. The lowest BCUT2D eigenvalue weighted by atomic mass is 9.81. The molecule has 9 aromatic rings. The molecular formula is C51H36S. The molecule has 1 heterocycles. The number of thiophene rings is 1. The summed E-state index contributed by atoms with van der Waals surface area (Å²) in [5.41, 5.74) is 14.6. The van der Waals surface area contributed by atoms with Crippen molar-refractivity contribution in [2.45, 2.75) is 32.1 Å². The van der Waals surface area contributed by atoms with Crippen molar-refractivity contribution in [3.8, 4) is 44.5 Å². The van der Waals surface area contributed by atoms with E-state index < -0.39 is 0 Å². The van der Waals surface area contributed by atoms with Crippen molar-refractivity contribution >= 4 is 59.8 Å². The van der Waals surface area contributed by atoms with Crippen LogP contribution >= 0.6 is 11.3 Å². The van der Waals surface area contributed by atoms with Crippen molar-refractivity contribution in [1.29, 1.82) is 0 Å². The van der Waals surface area contributed by atoms with Crippen LogP contribution in [0.1, 0.15) is 41.8 Å². The second-order valence-electron chi connectivity index (χ2n) is 15.1. The van der Waals surface area contributed by atoms with Crippen molar-refractivity contribution in [3.63, 3.8) is 0 Å². The van der Waals surface area contributed by atoms with Crippen LogP contribution in [0.4, 0.5) is 0 Å². The third-order valence-electron chi connectivity index (χ3n) is 11.9. The molecule has 0 fully saturated rings. The third-order valence-corrected chi connectivity index (χ3v) is 13.1. The molecule has 0 atom stereocenters. The largest absolute Gasteiger partial charge is 0.140 e. The van der Waals surface area contributed by atoms with Gasteiger partial charge < -0.3 is 0 Å². The molecule has 0 radical (unpaired) electrons. The van der Waals surface area contributed by atoms with Gasteiger partial charge >= 0.3 is 0 Å². The van der Waals surface area contributed by atoms with Gasteiger partial charge in [-0.1, -0.05) is 153 Å². The van der Waals surface area contributed by atoms with Crippen LogP contribution in [-0.2, 0) is 11.8 Å². The fourth-order valence-electron chi connectivity index (χ4n) is 9.37. The summed E-state index contributed by atoms with van der Waals surface area (Å²) in [6, 6.07) is 54.8. The van der Waals surface area contributed by atoms with Crippen LogP contribution in [0.2, 0.25) is 0 Å². The van der Waals surface area contributed by atoms with Crippen LogP contribution in [0.25, 0.3) is 93.0 Å². The van der Waals surface area contributed by atoms with Gasteiger partial charge in [0.15, 0.2) is 0 Å². The zero-order valence-corrected chi connectivity index (χ0v) is 30.2. The summed E-state index contributed by atoms with van der Waals surface area (Å²) in [4.78, 5) is 1.53. The van der Waals surface area contributed by atoms with E-state index in [0.717, 1.165) is 12.8 Å². The summed E-state index contributed by atoms with van der Waals surface area (Å²) in [7, 11) is 0. The SMILES string of the molecule is CC1(C)c2cc(-c3ccc(-c4c5ccccc5c(-c5ccccc5)c5ccccc45)cc3)ccc2-c2c1ccc1cc3c4c(sc3cc21)CCC=C4. The fourth-order valence-corrected chi connectivity index (χ4v) is 10.6. The Bertz CT molecular complexity index is 2900. The molecule has 1 aromatic heterocycles. The molecule has 0 nitrogen and oxygen atoms in total. The van der Waals surface area contributed by atoms with Crippen LogP contribution in [0.15, 0.2) is 152 Å². The Kier molecular flexibility index (Phi) is 6.40. The van der Waals surface area contributed by atoms with Gasteiger partial charge in [-0.15, -0.1) is 11.3 Å². The van der Waals surface area contributed by atoms with Gasteiger partial charge in [-0.25, -0.2) is 0 Å². The maximum atomic E-state index is 2.48. The summed E-state index contributed by atoms with van der Waals surface area (Å²) >= 11 is 1.99. The van der Waals surface area contributed by atoms with Gasteiger partial charge in [0.2, 0.25) is 0 Å². The van der Waals surface area contributed by atoms with E-state index in [1.807, 2.05) is 11.3 Å². The molecule has 0 spiro atoms. The van der Waals surface area contributed by atoms with E-state index in [0.29, 0.717) is 0 Å². The van der Waals surface area contributed by atoms with E-state index in [-0.39, 0.29) is 5.41 Å². The highest BCUT2D eigenvalue weighted by atomic mass is 32.1. The van der Waals surface area contributed by atoms with Gasteiger partial charge in [-0.2, -0.15) is 0 Å². The van der Waals surface area contributed by atoms with Crippen molar-refractivity contribution in [3.05, 3.63) is 173 Å². The molecule has 1 heteroatoms.